The summed E-state index contributed by atoms with van der Waals surface area (Å²) in [5.41, 5.74) is 3.09. The van der Waals surface area contributed by atoms with Gasteiger partial charge in [0.2, 0.25) is 0 Å². The SMILES string of the molecule is CC[C@@H](C)NC(=O)NC(=O)COC(=O)c1c(C)cc(C)cc1C. The van der Waals surface area contributed by atoms with Gasteiger partial charge in [-0.2, -0.15) is 0 Å². The van der Waals surface area contributed by atoms with E-state index in [4.69, 9.17) is 4.74 Å². The van der Waals surface area contributed by atoms with Crippen LogP contribution in [-0.4, -0.2) is 30.6 Å². The summed E-state index contributed by atoms with van der Waals surface area (Å²) >= 11 is 0. The molecule has 0 bridgehead atoms. The average Bonchev–Trinajstić information content (AvgIpc) is 2.43. The Kier molecular flexibility index (Phi) is 6.75. The van der Waals surface area contributed by atoms with Crippen molar-refractivity contribution in [1.82, 2.24) is 10.6 Å². The molecule has 1 aromatic rings. The molecule has 6 heteroatoms. The molecular formula is C17H24N2O4. The van der Waals surface area contributed by atoms with E-state index in [0.717, 1.165) is 23.1 Å². The lowest BCUT2D eigenvalue weighted by molar-refractivity contribution is -0.123. The zero-order chi connectivity index (χ0) is 17.6. The second-order valence-corrected chi connectivity index (χ2v) is 5.68. The molecule has 2 N–H and O–H groups in total. The van der Waals surface area contributed by atoms with Crippen LogP contribution in [0.1, 0.15) is 47.3 Å². The Morgan fingerprint density at radius 3 is 2.22 bits per heavy atom. The van der Waals surface area contributed by atoms with Gasteiger partial charge >= 0.3 is 12.0 Å². The van der Waals surface area contributed by atoms with Gasteiger partial charge in [0.05, 0.1) is 5.56 Å². The van der Waals surface area contributed by atoms with Crippen LogP contribution in [-0.2, 0) is 9.53 Å². The highest BCUT2D eigenvalue weighted by atomic mass is 16.5. The molecule has 0 aliphatic carbocycles. The lowest BCUT2D eigenvalue weighted by Gasteiger charge is -2.13. The quantitative estimate of drug-likeness (QED) is 0.816. The number of nitrogens with one attached hydrogen (secondary N) is 2. The maximum Gasteiger partial charge on any atom is 0.339 e. The van der Waals surface area contributed by atoms with Crippen LogP contribution in [0, 0.1) is 20.8 Å². The van der Waals surface area contributed by atoms with Crippen molar-refractivity contribution < 1.29 is 19.1 Å². The van der Waals surface area contributed by atoms with Crippen molar-refractivity contribution in [2.75, 3.05) is 6.61 Å². The third-order valence-corrected chi connectivity index (χ3v) is 3.46. The summed E-state index contributed by atoms with van der Waals surface area (Å²) in [5.74, 6) is -1.24. The third-order valence-electron chi connectivity index (χ3n) is 3.46. The first-order valence-electron chi connectivity index (χ1n) is 7.59. The first kappa shape index (κ1) is 18.7. The molecule has 0 fully saturated rings. The molecule has 1 aromatic carbocycles. The van der Waals surface area contributed by atoms with Gasteiger partial charge in [-0.15, -0.1) is 0 Å². The zero-order valence-electron chi connectivity index (χ0n) is 14.3. The van der Waals surface area contributed by atoms with Crippen LogP contribution in [0.4, 0.5) is 4.79 Å². The van der Waals surface area contributed by atoms with Crippen molar-refractivity contribution in [2.45, 2.75) is 47.1 Å². The number of esters is 1. The number of aryl methyl sites for hydroxylation is 3. The Hall–Kier alpha value is -2.37. The van der Waals surface area contributed by atoms with Crippen LogP contribution in [0.25, 0.3) is 0 Å². The largest absolute Gasteiger partial charge is 0.452 e. The maximum absolute atomic E-state index is 12.1. The van der Waals surface area contributed by atoms with Gasteiger partial charge in [0, 0.05) is 6.04 Å². The Bertz CT molecular complexity index is 588. The van der Waals surface area contributed by atoms with Crippen LogP contribution in [0.3, 0.4) is 0 Å². The summed E-state index contributed by atoms with van der Waals surface area (Å²) in [5, 5.41) is 4.72. The van der Waals surface area contributed by atoms with E-state index < -0.39 is 24.5 Å². The van der Waals surface area contributed by atoms with Gasteiger partial charge in [0.1, 0.15) is 0 Å². The van der Waals surface area contributed by atoms with E-state index in [1.54, 1.807) is 0 Å². The minimum atomic E-state index is -0.665. The number of benzene rings is 1. The third kappa shape index (κ3) is 5.73. The van der Waals surface area contributed by atoms with Crippen LogP contribution in [0.5, 0.6) is 0 Å². The van der Waals surface area contributed by atoms with Crippen molar-refractivity contribution in [3.05, 3.63) is 34.4 Å². The molecule has 0 saturated carbocycles. The molecule has 1 atom stereocenters. The molecule has 0 radical (unpaired) electrons. The van der Waals surface area contributed by atoms with Crippen molar-refractivity contribution in [2.24, 2.45) is 0 Å². The summed E-state index contributed by atoms with van der Waals surface area (Å²) in [4.78, 5) is 35.2. The van der Waals surface area contributed by atoms with E-state index in [-0.39, 0.29) is 6.04 Å². The minimum Gasteiger partial charge on any atom is -0.452 e. The van der Waals surface area contributed by atoms with E-state index in [1.165, 1.54) is 0 Å². The molecule has 0 aliphatic rings. The highest BCUT2D eigenvalue weighted by molar-refractivity contribution is 5.98. The highest BCUT2D eigenvalue weighted by Crippen LogP contribution is 2.17. The molecule has 0 saturated heterocycles. The molecule has 0 spiro atoms. The van der Waals surface area contributed by atoms with Gasteiger partial charge in [-0.3, -0.25) is 10.1 Å². The predicted molar refractivity (Wildman–Crippen MR) is 87.4 cm³/mol. The fourth-order valence-corrected chi connectivity index (χ4v) is 2.23. The summed E-state index contributed by atoms with van der Waals surface area (Å²) < 4.78 is 4.99. The molecule has 126 valence electrons. The van der Waals surface area contributed by atoms with E-state index >= 15 is 0 Å². The van der Waals surface area contributed by atoms with Gasteiger partial charge in [0.25, 0.3) is 5.91 Å². The van der Waals surface area contributed by atoms with E-state index in [2.05, 4.69) is 10.6 Å². The summed E-state index contributed by atoms with van der Waals surface area (Å²) in [7, 11) is 0. The topological polar surface area (TPSA) is 84.5 Å². The number of amides is 3. The van der Waals surface area contributed by atoms with E-state index in [1.807, 2.05) is 46.8 Å². The molecule has 23 heavy (non-hydrogen) atoms. The molecule has 3 amide bonds. The van der Waals surface area contributed by atoms with Crippen LogP contribution < -0.4 is 10.6 Å². The molecule has 0 heterocycles. The molecular weight excluding hydrogens is 296 g/mol. The molecule has 6 nitrogen and oxygen atoms in total. The average molecular weight is 320 g/mol. The number of hydrogen-bond acceptors (Lipinski definition) is 4. The molecule has 0 aromatic heterocycles. The maximum atomic E-state index is 12.1. The van der Waals surface area contributed by atoms with Crippen LogP contribution >= 0.6 is 0 Å². The van der Waals surface area contributed by atoms with Crippen molar-refractivity contribution in [1.29, 1.82) is 0 Å². The minimum absolute atomic E-state index is 0.0387. The number of ether oxygens (including phenoxy) is 1. The van der Waals surface area contributed by atoms with Crippen molar-refractivity contribution in [3.8, 4) is 0 Å². The lowest BCUT2D eigenvalue weighted by Crippen LogP contribution is -2.44. The Morgan fingerprint density at radius 1 is 1.13 bits per heavy atom. The number of urea groups is 1. The van der Waals surface area contributed by atoms with Gasteiger partial charge < -0.3 is 10.1 Å². The Balaban J connectivity index is 2.57. The smallest absolute Gasteiger partial charge is 0.339 e. The van der Waals surface area contributed by atoms with Gasteiger partial charge in [0.15, 0.2) is 6.61 Å². The molecule has 1 rings (SSSR count). The van der Waals surface area contributed by atoms with Crippen molar-refractivity contribution >= 4 is 17.9 Å². The van der Waals surface area contributed by atoms with Gasteiger partial charge in [-0.25, -0.2) is 9.59 Å². The second-order valence-electron chi connectivity index (χ2n) is 5.68. The number of carbonyl (C=O) groups is 3. The number of hydrogen-bond donors (Lipinski definition) is 2. The number of rotatable bonds is 5. The first-order valence-corrected chi connectivity index (χ1v) is 7.59. The van der Waals surface area contributed by atoms with Crippen LogP contribution in [0.15, 0.2) is 12.1 Å². The Morgan fingerprint density at radius 2 is 1.70 bits per heavy atom. The summed E-state index contributed by atoms with van der Waals surface area (Å²) in [6.07, 6.45) is 0.753. The number of imide groups is 1. The zero-order valence-corrected chi connectivity index (χ0v) is 14.3. The lowest BCUT2D eigenvalue weighted by atomic mass is 10.00. The molecule has 0 aliphatic heterocycles. The van der Waals surface area contributed by atoms with E-state index in [0.29, 0.717) is 5.56 Å². The predicted octanol–water partition coefficient (Wildman–Crippen LogP) is 2.39. The van der Waals surface area contributed by atoms with Gasteiger partial charge in [-0.05, 0) is 45.2 Å². The second kappa shape index (κ2) is 8.31. The first-order chi connectivity index (χ1) is 10.7. The number of carbonyl (C=O) groups excluding carboxylic acids is 3. The normalized spacial score (nSPS) is 11.5. The van der Waals surface area contributed by atoms with Crippen molar-refractivity contribution in [3.63, 3.8) is 0 Å². The standard InChI is InChI=1S/C17H24N2O4/c1-6-13(5)18-17(22)19-14(20)9-23-16(21)15-11(3)7-10(2)8-12(15)4/h7-8,13H,6,9H2,1-5H3,(H2,18,19,20,22)/t13-/m1/s1. The van der Waals surface area contributed by atoms with E-state index in [9.17, 15) is 14.4 Å². The van der Waals surface area contributed by atoms with Gasteiger partial charge in [-0.1, -0.05) is 24.6 Å². The Labute approximate surface area is 136 Å². The summed E-state index contributed by atoms with van der Waals surface area (Å²) in [6.45, 7) is 8.82. The fraction of sp³-hybridized carbons (Fsp3) is 0.471. The van der Waals surface area contributed by atoms with Crippen LogP contribution in [0.2, 0.25) is 0 Å². The summed E-state index contributed by atoms with van der Waals surface area (Å²) in [6, 6.07) is 3.12. The highest BCUT2D eigenvalue weighted by Gasteiger charge is 2.17. The fourth-order valence-electron chi connectivity index (χ4n) is 2.23. The monoisotopic (exact) mass is 320 g/mol. The molecule has 0 unspecified atom stereocenters.